The summed E-state index contributed by atoms with van der Waals surface area (Å²) in [6.45, 7) is 1.90. The molecule has 1 fully saturated rings. The Kier molecular flexibility index (Phi) is 5.76. The summed E-state index contributed by atoms with van der Waals surface area (Å²) in [6.07, 6.45) is 2.91. The largest absolute Gasteiger partial charge is 0.378 e. The fraction of sp³-hybridized carbons (Fsp3) is 0.529. The Labute approximate surface area is 146 Å². The van der Waals surface area contributed by atoms with Gasteiger partial charge in [-0.3, -0.25) is 9.69 Å². The van der Waals surface area contributed by atoms with Crippen LogP contribution < -0.4 is 5.32 Å². The molecule has 24 heavy (non-hydrogen) atoms. The number of ether oxygens (including phenoxy) is 1. The molecule has 3 rings (SSSR count). The number of aromatic nitrogens is 2. The number of thioether (sulfide) groups is 1. The lowest BCUT2D eigenvalue weighted by atomic mass is 10.1. The minimum Gasteiger partial charge on any atom is -0.378 e. The molecule has 2 atom stereocenters. The zero-order chi connectivity index (χ0) is 16.9. The van der Waals surface area contributed by atoms with Crippen LogP contribution in [0.5, 0.6) is 0 Å². The van der Waals surface area contributed by atoms with Crippen LogP contribution in [0, 0.1) is 0 Å². The summed E-state index contributed by atoms with van der Waals surface area (Å²) in [5, 5.41) is 3.16. The molecule has 2 aromatic rings. The van der Waals surface area contributed by atoms with Crippen molar-refractivity contribution in [1.29, 1.82) is 0 Å². The highest BCUT2D eigenvalue weighted by Gasteiger charge is 2.29. The lowest BCUT2D eigenvalue weighted by Crippen LogP contribution is -2.52. The van der Waals surface area contributed by atoms with Gasteiger partial charge in [-0.05, 0) is 37.6 Å². The molecule has 1 aromatic heterocycles. The predicted molar refractivity (Wildman–Crippen MR) is 97.2 cm³/mol. The summed E-state index contributed by atoms with van der Waals surface area (Å²) in [7, 11) is 1.96. The molecule has 130 valence electrons. The smallest absolute Gasteiger partial charge is 0.240 e. The average Bonchev–Trinajstić information content (AvgIpc) is 3.02. The number of benzene rings is 1. The Bertz CT molecular complexity index is 657. The van der Waals surface area contributed by atoms with E-state index in [4.69, 9.17) is 4.74 Å². The number of amides is 1. The van der Waals surface area contributed by atoms with Crippen LogP contribution in [0.4, 0.5) is 0 Å². The molecule has 1 aliphatic rings. The third-order valence-corrected chi connectivity index (χ3v) is 5.01. The Morgan fingerprint density at radius 1 is 1.54 bits per heavy atom. The maximum atomic E-state index is 12.7. The predicted octanol–water partition coefficient (Wildman–Crippen LogP) is 1.80. The number of hydrogen-bond acceptors (Lipinski definition) is 5. The maximum Gasteiger partial charge on any atom is 0.240 e. The van der Waals surface area contributed by atoms with Gasteiger partial charge in [0.1, 0.15) is 11.9 Å². The number of hydrogen-bond donors (Lipinski definition) is 2. The topological polar surface area (TPSA) is 70.2 Å². The molecule has 0 bridgehead atoms. The number of carbonyl (C=O) groups is 1. The number of fused-ring (bicyclic) bond motifs is 1. The number of rotatable bonds is 6. The van der Waals surface area contributed by atoms with Gasteiger partial charge < -0.3 is 15.0 Å². The van der Waals surface area contributed by atoms with E-state index in [1.54, 1.807) is 11.8 Å². The second kappa shape index (κ2) is 8.00. The first-order valence-electron chi connectivity index (χ1n) is 8.21. The summed E-state index contributed by atoms with van der Waals surface area (Å²) in [6, 6.07) is 7.57. The molecular formula is C17H24N4O2S. The van der Waals surface area contributed by atoms with E-state index >= 15 is 0 Å². The molecule has 2 N–H and O–H groups in total. The van der Waals surface area contributed by atoms with Gasteiger partial charge in [0.25, 0.3) is 0 Å². The summed E-state index contributed by atoms with van der Waals surface area (Å²) >= 11 is 1.77. The van der Waals surface area contributed by atoms with Gasteiger partial charge in [0.2, 0.25) is 5.91 Å². The van der Waals surface area contributed by atoms with Crippen LogP contribution in [-0.4, -0.2) is 65.6 Å². The SMILES string of the molecule is CSCCC(NC(=O)C1COCCN1C)c1nc2ccccc2[nH]1. The van der Waals surface area contributed by atoms with E-state index < -0.39 is 0 Å². The Morgan fingerprint density at radius 2 is 2.38 bits per heavy atom. The monoisotopic (exact) mass is 348 g/mol. The summed E-state index contributed by atoms with van der Waals surface area (Å²) in [5.74, 6) is 1.78. The maximum absolute atomic E-state index is 12.7. The molecule has 1 amide bonds. The second-order valence-electron chi connectivity index (χ2n) is 6.05. The Balaban J connectivity index is 1.76. The average molecular weight is 348 g/mol. The van der Waals surface area contributed by atoms with E-state index in [1.165, 1.54) is 0 Å². The molecule has 2 heterocycles. The number of H-pyrrole nitrogens is 1. The van der Waals surface area contributed by atoms with Crippen molar-refractivity contribution in [2.24, 2.45) is 0 Å². The van der Waals surface area contributed by atoms with E-state index in [2.05, 4.69) is 21.5 Å². The van der Waals surface area contributed by atoms with Crippen LogP contribution in [0.2, 0.25) is 0 Å². The highest BCUT2D eigenvalue weighted by molar-refractivity contribution is 7.98. The Morgan fingerprint density at radius 3 is 3.12 bits per heavy atom. The van der Waals surface area contributed by atoms with Crippen LogP contribution in [-0.2, 0) is 9.53 Å². The van der Waals surface area contributed by atoms with E-state index in [0.29, 0.717) is 13.2 Å². The van der Waals surface area contributed by atoms with Crippen LogP contribution in [0.3, 0.4) is 0 Å². The van der Waals surface area contributed by atoms with Crippen molar-refractivity contribution in [3.8, 4) is 0 Å². The minimum absolute atomic E-state index is 0.00348. The molecule has 7 heteroatoms. The molecule has 0 saturated carbocycles. The number of aromatic amines is 1. The minimum atomic E-state index is -0.236. The lowest BCUT2D eigenvalue weighted by molar-refractivity contribution is -0.132. The highest BCUT2D eigenvalue weighted by atomic mass is 32.2. The van der Waals surface area contributed by atoms with Gasteiger partial charge in [0.15, 0.2) is 0 Å². The molecule has 6 nitrogen and oxygen atoms in total. The molecule has 0 spiro atoms. The van der Waals surface area contributed by atoms with Gasteiger partial charge in [-0.1, -0.05) is 12.1 Å². The molecule has 1 saturated heterocycles. The first-order chi connectivity index (χ1) is 11.7. The van der Waals surface area contributed by atoms with E-state index in [-0.39, 0.29) is 18.0 Å². The van der Waals surface area contributed by atoms with Crippen molar-refractivity contribution in [3.63, 3.8) is 0 Å². The fourth-order valence-corrected chi connectivity index (χ4v) is 3.35. The summed E-state index contributed by atoms with van der Waals surface area (Å²) in [4.78, 5) is 22.7. The zero-order valence-electron chi connectivity index (χ0n) is 14.1. The number of likely N-dealkylation sites (N-methyl/N-ethyl adjacent to an activating group) is 1. The number of carbonyl (C=O) groups excluding carboxylic acids is 1. The number of imidazole rings is 1. The molecular weight excluding hydrogens is 324 g/mol. The van der Waals surface area contributed by atoms with E-state index in [1.807, 2.05) is 36.2 Å². The van der Waals surface area contributed by atoms with Gasteiger partial charge >= 0.3 is 0 Å². The van der Waals surface area contributed by atoms with Crippen LogP contribution in [0.15, 0.2) is 24.3 Å². The van der Waals surface area contributed by atoms with Crippen molar-refractivity contribution in [1.82, 2.24) is 20.2 Å². The highest BCUT2D eigenvalue weighted by Crippen LogP contribution is 2.20. The number of para-hydroxylation sites is 2. The van der Waals surface area contributed by atoms with Gasteiger partial charge in [0.05, 0.1) is 30.3 Å². The number of nitrogens with zero attached hydrogens (tertiary/aromatic N) is 2. The van der Waals surface area contributed by atoms with E-state index in [0.717, 1.165) is 35.6 Å². The van der Waals surface area contributed by atoms with Crippen molar-refractivity contribution < 1.29 is 9.53 Å². The molecule has 1 aliphatic heterocycles. The van der Waals surface area contributed by atoms with Gasteiger partial charge in [-0.2, -0.15) is 11.8 Å². The third-order valence-electron chi connectivity index (χ3n) is 4.36. The lowest BCUT2D eigenvalue weighted by Gasteiger charge is -2.32. The first kappa shape index (κ1) is 17.3. The van der Waals surface area contributed by atoms with Crippen LogP contribution in [0.1, 0.15) is 18.3 Å². The molecule has 2 unspecified atom stereocenters. The standard InChI is InChI=1S/C17H24N4O2S/c1-21-8-9-23-11-15(21)17(22)20-14(7-10-24-2)16-18-12-5-3-4-6-13(12)19-16/h3-6,14-15H,7-11H2,1-2H3,(H,18,19)(H,20,22). The number of morpholine rings is 1. The van der Waals surface area contributed by atoms with Crippen molar-refractivity contribution in [3.05, 3.63) is 30.1 Å². The molecule has 1 aromatic carbocycles. The normalized spacial score (nSPS) is 20.2. The van der Waals surface area contributed by atoms with Crippen molar-refractivity contribution in [2.45, 2.75) is 18.5 Å². The third kappa shape index (κ3) is 3.91. The summed E-state index contributed by atoms with van der Waals surface area (Å²) < 4.78 is 5.46. The second-order valence-corrected chi connectivity index (χ2v) is 7.04. The van der Waals surface area contributed by atoms with Crippen molar-refractivity contribution in [2.75, 3.05) is 38.8 Å². The fourth-order valence-electron chi connectivity index (χ4n) is 2.88. The van der Waals surface area contributed by atoms with Crippen LogP contribution >= 0.6 is 11.8 Å². The van der Waals surface area contributed by atoms with Gasteiger partial charge in [-0.15, -0.1) is 0 Å². The van der Waals surface area contributed by atoms with Gasteiger partial charge in [0, 0.05) is 6.54 Å². The van der Waals surface area contributed by atoms with E-state index in [9.17, 15) is 4.79 Å². The van der Waals surface area contributed by atoms with Crippen molar-refractivity contribution >= 4 is 28.7 Å². The Hall–Kier alpha value is -1.57. The zero-order valence-corrected chi connectivity index (χ0v) is 14.9. The summed E-state index contributed by atoms with van der Waals surface area (Å²) in [5.41, 5.74) is 1.92. The molecule has 0 aliphatic carbocycles. The quantitative estimate of drug-likeness (QED) is 0.833. The first-order valence-corrected chi connectivity index (χ1v) is 9.60. The van der Waals surface area contributed by atoms with Crippen LogP contribution in [0.25, 0.3) is 11.0 Å². The van der Waals surface area contributed by atoms with Gasteiger partial charge in [-0.25, -0.2) is 4.98 Å². The number of nitrogens with one attached hydrogen (secondary N) is 2. The molecule has 0 radical (unpaired) electrons.